The molecule has 0 N–H and O–H groups in total. The molecule has 1 spiro atoms. The fourth-order valence-electron chi connectivity index (χ4n) is 4.72. The highest BCUT2D eigenvalue weighted by atomic mass is 16.2. The van der Waals surface area contributed by atoms with E-state index in [-0.39, 0.29) is 17.4 Å². The van der Waals surface area contributed by atoms with Crippen LogP contribution in [0.2, 0.25) is 0 Å². The van der Waals surface area contributed by atoms with Crippen molar-refractivity contribution in [2.24, 2.45) is 14.1 Å². The topological polar surface area (TPSA) is 59.2 Å². The third-order valence-corrected chi connectivity index (χ3v) is 6.24. The number of carbonyl (C=O) groups is 1. The molecule has 0 radical (unpaired) electrons. The van der Waals surface area contributed by atoms with Crippen molar-refractivity contribution in [3.63, 3.8) is 0 Å². The second-order valence-electron chi connectivity index (χ2n) is 7.74. The zero-order valence-electron chi connectivity index (χ0n) is 15.9. The van der Waals surface area contributed by atoms with Crippen LogP contribution in [0.5, 0.6) is 0 Å². The Balaban J connectivity index is 1.48. The summed E-state index contributed by atoms with van der Waals surface area (Å²) in [5, 5.41) is 4.27. The highest BCUT2D eigenvalue weighted by Crippen LogP contribution is 2.45. The largest absolute Gasteiger partial charge is 0.337 e. The van der Waals surface area contributed by atoms with E-state index < -0.39 is 0 Å². The molecule has 2 aliphatic rings. The van der Waals surface area contributed by atoms with Crippen molar-refractivity contribution in [3.05, 3.63) is 36.2 Å². The van der Waals surface area contributed by atoms with Gasteiger partial charge in [-0.15, -0.1) is 0 Å². The Morgan fingerprint density at radius 1 is 1.27 bits per heavy atom. The third-order valence-electron chi connectivity index (χ3n) is 6.24. The molecule has 0 aliphatic carbocycles. The van der Waals surface area contributed by atoms with Crippen molar-refractivity contribution in [2.45, 2.75) is 44.2 Å². The van der Waals surface area contributed by atoms with E-state index in [1.165, 1.54) is 0 Å². The Bertz CT molecular complexity index is 786. The van der Waals surface area contributed by atoms with Crippen LogP contribution >= 0.6 is 0 Å². The molecule has 2 saturated heterocycles. The summed E-state index contributed by atoms with van der Waals surface area (Å²) in [5.41, 5.74) is 1.06. The van der Waals surface area contributed by atoms with Crippen LogP contribution in [-0.4, -0.2) is 60.2 Å². The molecule has 2 aromatic rings. The van der Waals surface area contributed by atoms with Gasteiger partial charge in [0.25, 0.3) is 0 Å². The maximum atomic E-state index is 13.1. The molecule has 2 fully saturated rings. The summed E-state index contributed by atoms with van der Waals surface area (Å²) in [6.07, 6.45) is 10.7. The van der Waals surface area contributed by atoms with Crippen LogP contribution in [0.3, 0.4) is 0 Å². The molecule has 2 aliphatic heterocycles. The van der Waals surface area contributed by atoms with Crippen LogP contribution < -0.4 is 0 Å². The van der Waals surface area contributed by atoms with E-state index in [2.05, 4.69) is 31.4 Å². The lowest BCUT2D eigenvalue weighted by Gasteiger charge is -2.44. The number of likely N-dealkylation sites (tertiary alicyclic amines) is 2. The molecule has 7 nitrogen and oxygen atoms in total. The van der Waals surface area contributed by atoms with Crippen molar-refractivity contribution in [1.82, 2.24) is 29.1 Å². The Kier molecular flexibility index (Phi) is 4.34. The number of carbonyl (C=O) groups excluding carboxylic acids is 1. The maximum absolute atomic E-state index is 13.1. The van der Waals surface area contributed by atoms with Crippen LogP contribution in [0.1, 0.15) is 43.5 Å². The smallest absolute Gasteiger partial charge is 0.230 e. The predicted octanol–water partition coefficient (Wildman–Crippen LogP) is 1.52. The number of imidazole rings is 1. The average molecular weight is 356 g/mol. The Labute approximate surface area is 154 Å². The number of aromatic nitrogens is 4. The number of hydrogen-bond acceptors (Lipinski definition) is 4. The van der Waals surface area contributed by atoms with Crippen LogP contribution in [0.4, 0.5) is 0 Å². The fourth-order valence-corrected chi connectivity index (χ4v) is 4.72. The number of hydrogen-bond donors (Lipinski definition) is 0. The molecule has 140 valence electrons. The number of likely N-dealkylation sites (N-methyl/N-ethyl adjacent to an activating group) is 1. The molecular formula is C19H28N6O. The minimum Gasteiger partial charge on any atom is -0.337 e. The molecule has 0 bridgehead atoms. The second-order valence-corrected chi connectivity index (χ2v) is 7.74. The first kappa shape index (κ1) is 17.3. The van der Waals surface area contributed by atoms with Gasteiger partial charge in [0.05, 0.1) is 18.7 Å². The van der Waals surface area contributed by atoms with Crippen LogP contribution in [-0.2, 0) is 25.4 Å². The molecule has 7 heteroatoms. The van der Waals surface area contributed by atoms with E-state index in [1.54, 1.807) is 4.68 Å². The summed E-state index contributed by atoms with van der Waals surface area (Å²) >= 11 is 0. The SMILES string of the molecule is CCN1C(=O)[C@H](c2cnn(C)c2)CC12CCN(Cc1nccn1C)CC2. The summed E-state index contributed by atoms with van der Waals surface area (Å²) in [7, 11) is 3.95. The molecule has 0 saturated carbocycles. The van der Waals surface area contributed by atoms with Gasteiger partial charge >= 0.3 is 0 Å². The maximum Gasteiger partial charge on any atom is 0.230 e. The second kappa shape index (κ2) is 6.54. The van der Waals surface area contributed by atoms with Gasteiger partial charge in [0.1, 0.15) is 5.82 Å². The van der Waals surface area contributed by atoms with Crippen LogP contribution in [0.25, 0.3) is 0 Å². The molecule has 26 heavy (non-hydrogen) atoms. The normalized spacial score (nSPS) is 23.3. The quantitative estimate of drug-likeness (QED) is 0.833. The molecule has 1 amide bonds. The first-order valence-corrected chi connectivity index (χ1v) is 9.51. The minimum atomic E-state index is -0.0373. The highest BCUT2D eigenvalue weighted by Gasteiger charge is 2.51. The van der Waals surface area contributed by atoms with Crippen molar-refractivity contribution < 1.29 is 4.79 Å². The summed E-state index contributed by atoms with van der Waals surface area (Å²) in [4.78, 5) is 22.1. The fraction of sp³-hybridized carbons (Fsp3) is 0.632. The van der Waals surface area contributed by atoms with E-state index in [9.17, 15) is 4.79 Å². The van der Waals surface area contributed by atoms with E-state index in [0.29, 0.717) is 0 Å². The highest BCUT2D eigenvalue weighted by molar-refractivity contribution is 5.87. The van der Waals surface area contributed by atoms with Gasteiger partial charge < -0.3 is 9.47 Å². The van der Waals surface area contributed by atoms with Crippen molar-refractivity contribution >= 4 is 5.91 Å². The lowest BCUT2D eigenvalue weighted by atomic mass is 9.81. The van der Waals surface area contributed by atoms with Gasteiger partial charge in [-0.2, -0.15) is 5.10 Å². The predicted molar refractivity (Wildman–Crippen MR) is 98.4 cm³/mol. The first-order chi connectivity index (χ1) is 12.5. The van der Waals surface area contributed by atoms with Crippen molar-refractivity contribution in [1.29, 1.82) is 0 Å². The lowest BCUT2D eigenvalue weighted by Crippen LogP contribution is -2.52. The van der Waals surface area contributed by atoms with Gasteiger partial charge in [0, 0.05) is 63.4 Å². The van der Waals surface area contributed by atoms with Crippen molar-refractivity contribution in [2.75, 3.05) is 19.6 Å². The number of amides is 1. The molecular weight excluding hydrogens is 328 g/mol. The van der Waals surface area contributed by atoms with Crippen LogP contribution in [0.15, 0.2) is 24.8 Å². The van der Waals surface area contributed by atoms with Crippen LogP contribution in [0, 0.1) is 0 Å². The van der Waals surface area contributed by atoms with Gasteiger partial charge in [-0.1, -0.05) is 0 Å². The van der Waals surface area contributed by atoms with E-state index >= 15 is 0 Å². The summed E-state index contributed by atoms with van der Waals surface area (Å²) in [6, 6.07) is 0. The monoisotopic (exact) mass is 356 g/mol. The van der Waals surface area contributed by atoms with Gasteiger partial charge in [-0.05, 0) is 26.2 Å². The van der Waals surface area contributed by atoms with E-state index in [1.807, 2.05) is 38.9 Å². The standard InChI is InChI=1S/C19H28N6O/c1-4-25-18(26)16(15-12-21-23(3)13-15)11-19(25)5-8-24(9-6-19)14-17-20-7-10-22(17)2/h7,10,12-13,16H,4-6,8-9,11,14H2,1-3H3/t16-/m0/s1. The molecule has 1 atom stereocenters. The Morgan fingerprint density at radius 2 is 2.04 bits per heavy atom. The Hall–Kier alpha value is -2.15. The summed E-state index contributed by atoms with van der Waals surface area (Å²) in [6.45, 7) is 5.79. The number of nitrogens with zero attached hydrogens (tertiary/aromatic N) is 6. The van der Waals surface area contributed by atoms with Gasteiger partial charge in [0.2, 0.25) is 5.91 Å². The Morgan fingerprint density at radius 3 is 2.62 bits per heavy atom. The van der Waals surface area contributed by atoms with Gasteiger partial charge in [-0.3, -0.25) is 14.4 Å². The van der Waals surface area contributed by atoms with Gasteiger partial charge in [0.15, 0.2) is 0 Å². The average Bonchev–Trinajstić information content (AvgIpc) is 3.30. The zero-order valence-corrected chi connectivity index (χ0v) is 15.9. The summed E-state index contributed by atoms with van der Waals surface area (Å²) < 4.78 is 3.87. The van der Waals surface area contributed by atoms with E-state index in [0.717, 1.165) is 56.8 Å². The molecule has 0 unspecified atom stereocenters. The van der Waals surface area contributed by atoms with Gasteiger partial charge in [-0.25, -0.2) is 4.98 Å². The zero-order chi connectivity index (χ0) is 18.3. The molecule has 4 rings (SSSR count). The molecule has 2 aromatic heterocycles. The number of piperidine rings is 1. The first-order valence-electron chi connectivity index (χ1n) is 9.51. The lowest BCUT2D eigenvalue weighted by molar-refractivity contribution is -0.133. The minimum absolute atomic E-state index is 0.00444. The number of aryl methyl sites for hydroxylation is 2. The molecule has 4 heterocycles. The third kappa shape index (κ3) is 2.84. The summed E-state index contributed by atoms with van der Waals surface area (Å²) in [5.74, 6) is 1.34. The van der Waals surface area contributed by atoms with Crippen molar-refractivity contribution in [3.8, 4) is 0 Å². The van der Waals surface area contributed by atoms with E-state index in [4.69, 9.17) is 0 Å². The number of rotatable bonds is 4. The molecule has 0 aromatic carbocycles.